The molecule has 0 saturated carbocycles. The molecule has 4 rings (SSSR count). The summed E-state index contributed by atoms with van der Waals surface area (Å²) in [5.74, 6) is -0.106. The van der Waals surface area contributed by atoms with Crippen LogP contribution >= 0.6 is 11.6 Å². The number of nitro groups is 1. The highest BCUT2D eigenvalue weighted by Crippen LogP contribution is 2.23. The standard InChI is InChI=1S/C20H18ClN5O3/c21-20-17(25-9-2-1-6-18(25)22-20)7-8-19(27)24-12-10-23(11-13-24)15-4-3-5-16(14-15)26(28)29/h1-9,14H,10-13H2/b8-7+. The predicted octanol–water partition coefficient (Wildman–Crippen LogP) is 3.26. The zero-order chi connectivity index (χ0) is 20.4. The topological polar surface area (TPSA) is 84.0 Å². The molecule has 1 aromatic carbocycles. The number of amides is 1. The lowest BCUT2D eigenvalue weighted by atomic mass is 10.2. The van der Waals surface area contributed by atoms with Crippen LogP contribution in [0.5, 0.6) is 0 Å². The smallest absolute Gasteiger partial charge is 0.271 e. The van der Waals surface area contributed by atoms with E-state index in [1.807, 2.05) is 39.8 Å². The maximum Gasteiger partial charge on any atom is 0.271 e. The van der Waals surface area contributed by atoms with Crippen molar-refractivity contribution in [2.24, 2.45) is 0 Å². The van der Waals surface area contributed by atoms with Gasteiger partial charge in [0.1, 0.15) is 5.65 Å². The highest BCUT2D eigenvalue weighted by atomic mass is 35.5. The van der Waals surface area contributed by atoms with Crippen LogP contribution < -0.4 is 4.90 Å². The molecule has 29 heavy (non-hydrogen) atoms. The molecule has 0 unspecified atom stereocenters. The van der Waals surface area contributed by atoms with Crippen LogP contribution in [0.15, 0.2) is 54.7 Å². The van der Waals surface area contributed by atoms with E-state index in [4.69, 9.17) is 11.6 Å². The van der Waals surface area contributed by atoms with E-state index < -0.39 is 4.92 Å². The van der Waals surface area contributed by atoms with Crippen molar-refractivity contribution in [2.45, 2.75) is 0 Å². The summed E-state index contributed by atoms with van der Waals surface area (Å²) in [6, 6.07) is 12.1. The Bertz CT molecular complexity index is 1100. The number of halogens is 1. The average Bonchev–Trinajstić information content (AvgIpc) is 3.07. The number of anilines is 1. The molecule has 1 saturated heterocycles. The zero-order valence-electron chi connectivity index (χ0n) is 15.4. The molecular weight excluding hydrogens is 394 g/mol. The highest BCUT2D eigenvalue weighted by molar-refractivity contribution is 6.31. The summed E-state index contributed by atoms with van der Waals surface area (Å²) in [6.45, 7) is 2.29. The van der Waals surface area contributed by atoms with Crippen molar-refractivity contribution < 1.29 is 9.72 Å². The molecule has 0 aliphatic carbocycles. The van der Waals surface area contributed by atoms with Gasteiger partial charge in [0.25, 0.3) is 5.69 Å². The van der Waals surface area contributed by atoms with Crippen molar-refractivity contribution in [2.75, 3.05) is 31.1 Å². The number of non-ortho nitro benzene ring substituents is 1. The summed E-state index contributed by atoms with van der Waals surface area (Å²) in [5.41, 5.74) is 2.23. The van der Waals surface area contributed by atoms with Gasteiger partial charge in [-0.15, -0.1) is 0 Å². The Hall–Kier alpha value is -3.39. The van der Waals surface area contributed by atoms with Crippen molar-refractivity contribution >= 4 is 40.6 Å². The molecule has 3 aromatic rings. The molecule has 1 amide bonds. The van der Waals surface area contributed by atoms with E-state index in [-0.39, 0.29) is 11.6 Å². The van der Waals surface area contributed by atoms with E-state index in [1.54, 1.807) is 23.1 Å². The van der Waals surface area contributed by atoms with Crippen LogP contribution in [0.4, 0.5) is 11.4 Å². The first-order chi connectivity index (χ1) is 14.0. The van der Waals surface area contributed by atoms with Crippen LogP contribution in [0.1, 0.15) is 5.69 Å². The van der Waals surface area contributed by atoms with Gasteiger partial charge in [-0.2, -0.15) is 0 Å². The fourth-order valence-corrected chi connectivity index (χ4v) is 3.62. The average molecular weight is 412 g/mol. The van der Waals surface area contributed by atoms with Gasteiger partial charge in [-0.05, 0) is 24.3 Å². The summed E-state index contributed by atoms with van der Waals surface area (Å²) in [6.07, 6.45) is 5.03. The molecule has 0 radical (unpaired) electrons. The van der Waals surface area contributed by atoms with Gasteiger partial charge in [-0.25, -0.2) is 4.98 Å². The SMILES string of the molecule is O=C(/C=C/c1c(Cl)nc2ccccn12)N1CCN(c2cccc([N+](=O)[O-])c2)CC1. The number of rotatable bonds is 4. The Labute approximate surface area is 171 Å². The molecule has 0 N–H and O–H groups in total. The first-order valence-corrected chi connectivity index (χ1v) is 9.50. The predicted molar refractivity (Wildman–Crippen MR) is 111 cm³/mol. The van der Waals surface area contributed by atoms with Gasteiger partial charge in [-0.3, -0.25) is 19.3 Å². The number of nitro benzene ring substituents is 1. The lowest BCUT2D eigenvalue weighted by Gasteiger charge is -2.35. The molecule has 0 atom stereocenters. The van der Waals surface area contributed by atoms with Crippen LogP contribution in [0.2, 0.25) is 5.15 Å². The summed E-state index contributed by atoms with van der Waals surface area (Å²) in [7, 11) is 0. The van der Waals surface area contributed by atoms with Gasteiger partial charge < -0.3 is 9.80 Å². The number of piperazine rings is 1. The molecule has 1 aliphatic rings. The van der Waals surface area contributed by atoms with Crippen molar-refractivity contribution in [3.8, 4) is 0 Å². The third-order valence-electron chi connectivity index (χ3n) is 4.90. The van der Waals surface area contributed by atoms with Crippen LogP contribution in [0.25, 0.3) is 11.7 Å². The number of nitrogens with zero attached hydrogens (tertiary/aromatic N) is 5. The largest absolute Gasteiger partial charge is 0.368 e. The quantitative estimate of drug-likeness (QED) is 0.374. The lowest BCUT2D eigenvalue weighted by molar-refractivity contribution is -0.384. The Morgan fingerprint density at radius 1 is 1.14 bits per heavy atom. The van der Waals surface area contributed by atoms with Crippen molar-refractivity contribution in [1.29, 1.82) is 0 Å². The molecule has 9 heteroatoms. The lowest BCUT2D eigenvalue weighted by Crippen LogP contribution is -2.48. The third kappa shape index (κ3) is 3.93. The van der Waals surface area contributed by atoms with E-state index in [0.717, 1.165) is 11.3 Å². The Morgan fingerprint density at radius 2 is 1.93 bits per heavy atom. The second kappa shape index (κ2) is 7.92. The number of carbonyl (C=O) groups excluding carboxylic acids is 1. The van der Waals surface area contributed by atoms with Gasteiger partial charge >= 0.3 is 0 Å². The molecule has 0 bridgehead atoms. The Kier molecular flexibility index (Phi) is 5.18. The second-order valence-electron chi connectivity index (χ2n) is 6.64. The number of hydrogen-bond donors (Lipinski definition) is 0. The fourth-order valence-electron chi connectivity index (χ4n) is 3.38. The molecular formula is C20H18ClN5O3. The molecule has 8 nitrogen and oxygen atoms in total. The Balaban J connectivity index is 1.41. The minimum atomic E-state index is -0.403. The number of hydrogen-bond acceptors (Lipinski definition) is 5. The minimum Gasteiger partial charge on any atom is -0.368 e. The van der Waals surface area contributed by atoms with Crippen molar-refractivity contribution in [1.82, 2.24) is 14.3 Å². The number of fused-ring (bicyclic) bond motifs is 1. The van der Waals surface area contributed by atoms with E-state index in [2.05, 4.69) is 4.98 Å². The fraction of sp³-hybridized carbons (Fsp3) is 0.200. The monoisotopic (exact) mass is 411 g/mol. The van der Waals surface area contributed by atoms with Crippen LogP contribution in [-0.4, -0.2) is 51.3 Å². The molecule has 1 fully saturated rings. The third-order valence-corrected chi connectivity index (χ3v) is 5.18. The Morgan fingerprint density at radius 3 is 2.69 bits per heavy atom. The van der Waals surface area contributed by atoms with E-state index in [9.17, 15) is 14.9 Å². The highest BCUT2D eigenvalue weighted by Gasteiger charge is 2.21. The first-order valence-electron chi connectivity index (χ1n) is 9.12. The van der Waals surface area contributed by atoms with E-state index in [0.29, 0.717) is 37.0 Å². The summed E-state index contributed by atoms with van der Waals surface area (Å²) in [5, 5.41) is 11.3. The molecule has 148 valence electrons. The number of carbonyl (C=O) groups is 1. The first kappa shape index (κ1) is 18.9. The number of benzene rings is 1. The summed E-state index contributed by atoms with van der Waals surface area (Å²) in [4.78, 5) is 31.2. The maximum atomic E-state index is 12.6. The normalized spacial score (nSPS) is 14.7. The van der Waals surface area contributed by atoms with Gasteiger partial charge in [0.05, 0.1) is 10.6 Å². The van der Waals surface area contributed by atoms with Gasteiger partial charge in [0.2, 0.25) is 5.91 Å². The van der Waals surface area contributed by atoms with Crippen molar-refractivity contribution in [3.63, 3.8) is 0 Å². The van der Waals surface area contributed by atoms with Crippen LogP contribution in [0.3, 0.4) is 0 Å². The number of pyridine rings is 1. The van der Waals surface area contributed by atoms with Gasteiger partial charge in [-0.1, -0.05) is 23.7 Å². The molecule has 2 aromatic heterocycles. The number of aromatic nitrogens is 2. The maximum absolute atomic E-state index is 12.6. The summed E-state index contributed by atoms with van der Waals surface area (Å²) < 4.78 is 1.83. The second-order valence-corrected chi connectivity index (χ2v) is 7.00. The minimum absolute atomic E-state index is 0.0638. The van der Waals surface area contributed by atoms with Gasteiger partial charge in [0.15, 0.2) is 5.15 Å². The van der Waals surface area contributed by atoms with Crippen LogP contribution in [-0.2, 0) is 4.79 Å². The van der Waals surface area contributed by atoms with E-state index in [1.165, 1.54) is 12.1 Å². The zero-order valence-corrected chi connectivity index (χ0v) is 16.2. The number of imidazole rings is 1. The van der Waals surface area contributed by atoms with Crippen LogP contribution in [0, 0.1) is 10.1 Å². The molecule has 1 aliphatic heterocycles. The van der Waals surface area contributed by atoms with Crippen molar-refractivity contribution in [3.05, 3.63) is 75.7 Å². The van der Waals surface area contributed by atoms with E-state index >= 15 is 0 Å². The van der Waals surface area contributed by atoms with Gasteiger partial charge in [0, 0.05) is 56.3 Å². The summed E-state index contributed by atoms with van der Waals surface area (Å²) >= 11 is 6.20. The molecule has 0 spiro atoms. The molecule has 3 heterocycles.